The number of rotatable bonds is 34. The Morgan fingerprint density at radius 1 is 0.870 bits per heavy atom. The molecule has 1 aliphatic heterocycles. The molecular formula is C39H64BrF3N3O7P. The minimum atomic E-state index is -4.55. The van der Waals surface area contributed by atoms with E-state index in [1.54, 1.807) is 6.08 Å². The molecular weight excluding hydrogens is 790 g/mol. The van der Waals surface area contributed by atoms with Crippen molar-refractivity contribution in [2.75, 3.05) is 32.3 Å². The number of hydrogen-bond donors (Lipinski definition) is 2. The van der Waals surface area contributed by atoms with Gasteiger partial charge in [0.2, 0.25) is 5.91 Å². The van der Waals surface area contributed by atoms with Crippen LogP contribution < -0.4 is 10.1 Å². The highest BCUT2D eigenvalue weighted by atomic mass is 79.9. The number of nitrogens with zero attached hydrogens (tertiary/aromatic N) is 2. The van der Waals surface area contributed by atoms with E-state index in [1.807, 2.05) is 6.08 Å². The van der Waals surface area contributed by atoms with Gasteiger partial charge in [0.05, 0.1) is 32.0 Å². The molecule has 1 aliphatic rings. The summed E-state index contributed by atoms with van der Waals surface area (Å²) in [5.41, 5.74) is -2.44. The molecule has 3 atom stereocenters. The lowest BCUT2D eigenvalue weighted by molar-refractivity contribution is -0.166. The molecule has 0 aliphatic carbocycles. The van der Waals surface area contributed by atoms with Crippen LogP contribution >= 0.6 is 23.8 Å². The van der Waals surface area contributed by atoms with Gasteiger partial charge in [0.1, 0.15) is 5.75 Å². The molecule has 0 radical (unpaired) electrons. The van der Waals surface area contributed by atoms with Crippen molar-refractivity contribution in [3.8, 4) is 5.75 Å². The average Bonchev–Trinajstić information content (AvgIpc) is 3.98. The van der Waals surface area contributed by atoms with Crippen LogP contribution in [0.2, 0.25) is 0 Å². The number of allylic oxidation sites excluding steroid dienone is 1. The Labute approximate surface area is 329 Å². The summed E-state index contributed by atoms with van der Waals surface area (Å²) in [7, 11) is -2.62. The number of carbonyl (C=O) groups is 1. The highest BCUT2D eigenvalue weighted by Gasteiger charge is 2.65. The summed E-state index contributed by atoms with van der Waals surface area (Å²) < 4.78 is 73.6. The smallest absolute Gasteiger partial charge is 0.474 e. The van der Waals surface area contributed by atoms with Gasteiger partial charge in [0.25, 0.3) is 0 Å². The van der Waals surface area contributed by atoms with Crippen molar-refractivity contribution < 1.29 is 45.9 Å². The summed E-state index contributed by atoms with van der Waals surface area (Å²) in [6, 6.07) is 4.88. The number of ether oxygens (including phenoxy) is 1. The van der Waals surface area contributed by atoms with Crippen LogP contribution in [0.15, 0.2) is 46.6 Å². The number of nitrogens with one attached hydrogen (secondary N) is 1. The lowest BCUT2D eigenvalue weighted by Crippen LogP contribution is -2.45. The van der Waals surface area contributed by atoms with Gasteiger partial charge in [-0.2, -0.15) is 13.2 Å². The molecule has 1 aromatic carbocycles. The highest BCUT2D eigenvalue weighted by Crippen LogP contribution is 2.52. The first kappa shape index (κ1) is 48.3. The number of hydrogen-bond acceptors (Lipinski definition) is 9. The lowest BCUT2D eigenvalue weighted by atomic mass is 10.0. The molecule has 15 heteroatoms. The van der Waals surface area contributed by atoms with E-state index in [-0.39, 0.29) is 31.1 Å². The van der Waals surface area contributed by atoms with E-state index in [0.717, 1.165) is 57.8 Å². The fourth-order valence-electron chi connectivity index (χ4n) is 5.95. The van der Waals surface area contributed by atoms with Crippen molar-refractivity contribution in [3.63, 3.8) is 0 Å². The Morgan fingerprint density at radius 2 is 1.43 bits per heavy atom. The van der Waals surface area contributed by atoms with Crippen molar-refractivity contribution in [1.29, 1.82) is 0 Å². The molecule has 3 unspecified atom stereocenters. The van der Waals surface area contributed by atoms with E-state index in [1.165, 1.54) is 89.2 Å². The number of phosphoric ester groups is 1. The van der Waals surface area contributed by atoms with E-state index >= 15 is 0 Å². The molecule has 0 saturated heterocycles. The molecule has 1 aromatic rings. The number of amides is 1. The lowest BCUT2D eigenvalue weighted by Gasteiger charge is -2.24. The van der Waals surface area contributed by atoms with Gasteiger partial charge in [-0.1, -0.05) is 143 Å². The highest BCUT2D eigenvalue weighted by molar-refractivity contribution is 9.09. The topological polar surface area (TPSA) is 128 Å². The second-order valence-corrected chi connectivity index (χ2v) is 16.4. The third-order valence-electron chi connectivity index (χ3n) is 9.30. The van der Waals surface area contributed by atoms with Gasteiger partial charge in [-0.05, 0) is 37.8 Å². The van der Waals surface area contributed by atoms with Crippen LogP contribution in [0.1, 0.15) is 141 Å². The summed E-state index contributed by atoms with van der Waals surface area (Å²) in [4.78, 5) is 12.8. The normalized spacial score (nSPS) is 16.0. The Morgan fingerprint density at radius 3 is 1.96 bits per heavy atom. The largest absolute Gasteiger partial charge is 0.494 e. The fraction of sp³-hybridized carbons (Fsp3) is 0.769. The minimum Gasteiger partial charge on any atom is -0.494 e. The first-order valence-corrected chi connectivity index (χ1v) is 22.5. The zero-order valence-corrected chi connectivity index (χ0v) is 34.8. The second kappa shape index (κ2) is 27.7. The summed E-state index contributed by atoms with van der Waals surface area (Å²) in [5.74, 6) is 0.275. The zero-order valence-electron chi connectivity index (χ0n) is 32.3. The number of benzene rings is 1. The predicted molar refractivity (Wildman–Crippen MR) is 210 cm³/mol. The number of halogens is 4. The molecule has 0 aromatic heterocycles. The molecule has 2 N–H and O–H groups in total. The van der Waals surface area contributed by atoms with E-state index in [4.69, 9.17) is 18.3 Å². The maximum absolute atomic E-state index is 13.2. The number of aliphatic hydroxyl groups excluding tert-OH is 1. The van der Waals surface area contributed by atoms with E-state index in [0.29, 0.717) is 24.1 Å². The number of alkyl halides is 4. The minimum absolute atomic E-state index is 0.0197. The van der Waals surface area contributed by atoms with Crippen molar-refractivity contribution in [2.45, 2.75) is 159 Å². The van der Waals surface area contributed by atoms with Gasteiger partial charge in [-0.15, -0.1) is 10.2 Å². The van der Waals surface area contributed by atoms with Crippen LogP contribution in [0, 0.1) is 0 Å². The number of unbranched alkanes of at least 4 members (excludes halogenated alkanes) is 17. The quantitative estimate of drug-likeness (QED) is 0.0306. The van der Waals surface area contributed by atoms with Crippen LogP contribution in [0.3, 0.4) is 0 Å². The van der Waals surface area contributed by atoms with E-state index in [9.17, 15) is 27.6 Å². The van der Waals surface area contributed by atoms with E-state index < -0.39 is 31.8 Å². The first-order chi connectivity index (χ1) is 26.0. The molecule has 0 bridgehead atoms. The van der Waals surface area contributed by atoms with E-state index in [2.05, 4.69) is 38.4 Å². The zero-order chi connectivity index (χ0) is 39.5. The third kappa shape index (κ3) is 19.9. The second-order valence-electron chi connectivity index (χ2n) is 13.8. The maximum atomic E-state index is 13.2. The maximum Gasteiger partial charge on any atom is 0.474 e. The average molecular weight is 855 g/mol. The molecule has 1 amide bonds. The van der Waals surface area contributed by atoms with Gasteiger partial charge in [0.15, 0.2) is 0 Å². The molecule has 10 nitrogen and oxygen atoms in total. The standard InChI is InChI=1S/C39H64BrF3N3O7P/c1-3-4-5-6-7-8-9-10-11-12-14-17-20-23-36(47)35(32-53-54(49,50-2)52-31-29-40)44-37(48)24-21-18-15-13-16-19-22-30-51-34-27-25-33(26-28-34)38(45-46-38)39(41,42)43/h20,23,25-28,35-36,47H,3-19,21-22,24,29-32H2,1-2H3,(H,44,48)/b23-20+. The van der Waals surface area contributed by atoms with Gasteiger partial charge in [-0.25, -0.2) is 4.57 Å². The van der Waals surface area contributed by atoms with Crippen molar-refractivity contribution in [3.05, 3.63) is 42.0 Å². The Bertz CT molecular complexity index is 1250. The molecule has 0 fully saturated rings. The molecule has 0 saturated carbocycles. The van der Waals surface area contributed by atoms with Crippen molar-refractivity contribution >= 4 is 29.7 Å². The summed E-state index contributed by atoms with van der Waals surface area (Å²) in [6.45, 7) is 2.57. The van der Waals surface area contributed by atoms with Gasteiger partial charge in [0, 0.05) is 24.4 Å². The Kier molecular flexibility index (Phi) is 24.8. The van der Waals surface area contributed by atoms with Gasteiger partial charge in [-0.3, -0.25) is 18.4 Å². The predicted octanol–water partition coefficient (Wildman–Crippen LogP) is 11.7. The van der Waals surface area contributed by atoms with Gasteiger partial charge < -0.3 is 15.2 Å². The SMILES string of the molecule is CCCCCCCCCCCCC/C=C/C(O)C(COP(=O)(OC)OCCBr)NC(=O)CCCCCCCCCOc1ccc(C2(C(F)(F)F)N=N2)cc1. The monoisotopic (exact) mass is 853 g/mol. The summed E-state index contributed by atoms with van der Waals surface area (Å²) in [5, 5.41) is 20.6. The number of carbonyl (C=O) groups excluding carboxylic acids is 1. The van der Waals surface area contributed by atoms with Crippen molar-refractivity contribution in [1.82, 2.24) is 5.32 Å². The number of aliphatic hydroxyl groups is 1. The fourth-order valence-corrected chi connectivity index (χ4v) is 7.30. The third-order valence-corrected chi connectivity index (χ3v) is 11.0. The molecule has 310 valence electrons. The van der Waals surface area contributed by atoms with Crippen LogP contribution in [0.4, 0.5) is 13.2 Å². The van der Waals surface area contributed by atoms with Crippen molar-refractivity contribution in [2.24, 2.45) is 10.2 Å². The van der Waals surface area contributed by atoms with Crippen LogP contribution in [-0.4, -0.2) is 61.6 Å². The summed E-state index contributed by atoms with van der Waals surface area (Å²) in [6.07, 6.45) is 19.3. The van der Waals surface area contributed by atoms with Crippen LogP contribution in [0.5, 0.6) is 5.75 Å². The number of phosphoric acid groups is 1. The van der Waals surface area contributed by atoms with Crippen LogP contribution in [-0.2, 0) is 28.6 Å². The first-order valence-electron chi connectivity index (χ1n) is 19.9. The van der Waals surface area contributed by atoms with Gasteiger partial charge >= 0.3 is 19.7 Å². The Balaban J connectivity index is 1.63. The van der Waals surface area contributed by atoms with Crippen LogP contribution in [0.25, 0.3) is 0 Å². The Hall–Kier alpha value is -1.83. The molecule has 2 rings (SSSR count). The molecule has 54 heavy (non-hydrogen) atoms. The molecule has 0 spiro atoms. The summed E-state index contributed by atoms with van der Waals surface area (Å²) >= 11 is 3.22. The molecule has 1 heterocycles.